The highest BCUT2D eigenvalue weighted by Gasteiger charge is 2.19. The van der Waals surface area contributed by atoms with Crippen molar-refractivity contribution < 1.29 is 9.53 Å². The van der Waals surface area contributed by atoms with Gasteiger partial charge in [0, 0.05) is 40.6 Å². The molecule has 0 unspecified atom stereocenters. The number of rotatable bonds is 6. The Balaban J connectivity index is 1.83. The van der Waals surface area contributed by atoms with Gasteiger partial charge in [-0.3, -0.25) is 4.79 Å². The summed E-state index contributed by atoms with van der Waals surface area (Å²) >= 11 is 4.94. The molecule has 0 radical (unpaired) electrons. The number of nitrogens with zero attached hydrogens (tertiary/aromatic N) is 5. The van der Waals surface area contributed by atoms with Crippen molar-refractivity contribution in [3.05, 3.63) is 45.2 Å². The number of methoxy groups -OCH3 is 1. The van der Waals surface area contributed by atoms with Gasteiger partial charge in [-0.1, -0.05) is 27.7 Å². The van der Waals surface area contributed by atoms with Crippen molar-refractivity contribution in [1.29, 1.82) is 0 Å². The standard InChI is InChI=1S/C19H22BrN5O2S/c1-11-15(12(2)25-18(21-11)22-19(23-25)28-5)9-17(26)24(3)10-13-8-14(20)6-7-16(13)27-4/h6-8H,9-10H2,1-5H3. The molecule has 0 aliphatic carbocycles. The molecule has 0 saturated carbocycles. The van der Waals surface area contributed by atoms with E-state index in [0.717, 1.165) is 32.7 Å². The molecule has 0 N–H and O–H groups in total. The Labute approximate surface area is 176 Å². The van der Waals surface area contributed by atoms with Gasteiger partial charge in [-0.15, -0.1) is 5.10 Å². The predicted octanol–water partition coefficient (Wildman–Crippen LogP) is 3.44. The molecule has 28 heavy (non-hydrogen) atoms. The highest BCUT2D eigenvalue weighted by atomic mass is 79.9. The second-order valence-corrected chi connectivity index (χ2v) is 8.14. The fourth-order valence-electron chi connectivity index (χ4n) is 3.03. The van der Waals surface area contributed by atoms with Crippen LogP contribution in [0.1, 0.15) is 22.5 Å². The third-order valence-electron chi connectivity index (χ3n) is 4.62. The summed E-state index contributed by atoms with van der Waals surface area (Å²) in [6.07, 6.45) is 2.18. The lowest BCUT2D eigenvalue weighted by Crippen LogP contribution is -2.28. The molecule has 3 aromatic rings. The molecule has 0 bridgehead atoms. The maximum Gasteiger partial charge on any atom is 0.253 e. The number of aryl methyl sites for hydroxylation is 2. The van der Waals surface area contributed by atoms with Crippen LogP contribution in [0.4, 0.5) is 0 Å². The number of benzene rings is 1. The summed E-state index contributed by atoms with van der Waals surface area (Å²) in [4.78, 5) is 23.5. The molecular weight excluding hydrogens is 442 g/mol. The van der Waals surface area contributed by atoms with Gasteiger partial charge in [0.1, 0.15) is 5.75 Å². The summed E-state index contributed by atoms with van der Waals surface area (Å²) in [7, 11) is 3.42. The molecule has 2 aromatic heterocycles. The molecule has 0 atom stereocenters. The minimum absolute atomic E-state index is 0.000385. The van der Waals surface area contributed by atoms with Gasteiger partial charge in [-0.25, -0.2) is 9.50 Å². The van der Waals surface area contributed by atoms with E-state index >= 15 is 0 Å². The number of aromatic nitrogens is 4. The van der Waals surface area contributed by atoms with E-state index < -0.39 is 0 Å². The van der Waals surface area contributed by atoms with Crippen LogP contribution < -0.4 is 4.74 Å². The van der Waals surface area contributed by atoms with Crippen LogP contribution in [0.3, 0.4) is 0 Å². The van der Waals surface area contributed by atoms with Crippen LogP contribution >= 0.6 is 27.7 Å². The smallest absolute Gasteiger partial charge is 0.253 e. The Kier molecular flexibility index (Phi) is 6.24. The van der Waals surface area contributed by atoms with E-state index in [2.05, 4.69) is 31.0 Å². The lowest BCUT2D eigenvalue weighted by molar-refractivity contribution is -0.129. The number of amides is 1. The molecule has 3 rings (SSSR count). The summed E-state index contributed by atoms with van der Waals surface area (Å²) in [5, 5.41) is 5.11. The summed E-state index contributed by atoms with van der Waals surface area (Å²) < 4.78 is 8.06. The maximum absolute atomic E-state index is 12.9. The lowest BCUT2D eigenvalue weighted by atomic mass is 10.1. The molecule has 0 aliphatic heterocycles. The van der Waals surface area contributed by atoms with E-state index in [1.54, 1.807) is 23.6 Å². The molecule has 0 aliphatic rings. The zero-order valence-electron chi connectivity index (χ0n) is 16.5. The molecule has 0 saturated heterocycles. The minimum Gasteiger partial charge on any atom is -0.496 e. The van der Waals surface area contributed by atoms with E-state index in [0.29, 0.717) is 17.5 Å². The summed E-state index contributed by atoms with van der Waals surface area (Å²) in [5.41, 5.74) is 3.50. The number of carbonyl (C=O) groups is 1. The topological polar surface area (TPSA) is 72.6 Å². The van der Waals surface area contributed by atoms with E-state index in [1.165, 1.54) is 11.8 Å². The van der Waals surface area contributed by atoms with Crippen molar-refractivity contribution in [2.75, 3.05) is 20.4 Å². The monoisotopic (exact) mass is 463 g/mol. The van der Waals surface area contributed by atoms with Crippen LogP contribution in [0, 0.1) is 13.8 Å². The van der Waals surface area contributed by atoms with Gasteiger partial charge in [-0.05, 0) is 38.3 Å². The number of fused-ring (bicyclic) bond motifs is 1. The van der Waals surface area contributed by atoms with Crippen molar-refractivity contribution in [3.8, 4) is 5.75 Å². The van der Waals surface area contributed by atoms with E-state index in [1.807, 2.05) is 38.3 Å². The van der Waals surface area contributed by atoms with Crippen LogP contribution in [0.15, 0.2) is 27.8 Å². The third kappa shape index (κ3) is 4.15. The van der Waals surface area contributed by atoms with Gasteiger partial charge in [-0.2, -0.15) is 4.98 Å². The van der Waals surface area contributed by atoms with Crippen molar-refractivity contribution in [1.82, 2.24) is 24.5 Å². The molecule has 0 spiro atoms. The Hall–Kier alpha value is -2.13. The third-order valence-corrected chi connectivity index (χ3v) is 5.65. The number of hydrogen-bond donors (Lipinski definition) is 0. The van der Waals surface area contributed by atoms with Crippen LogP contribution in [0.5, 0.6) is 5.75 Å². The van der Waals surface area contributed by atoms with Crippen LogP contribution in [0.2, 0.25) is 0 Å². The Morgan fingerprint density at radius 2 is 2.07 bits per heavy atom. The Morgan fingerprint density at radius 1 is 1.32 bits per heavy atom. The van der Waals surface area contributed by atoms with Crippen LogP contribution in [0.25, 0.3) is 5.78 Å². The average molecular weight is 464 g/mol. The van der Waals surface area contributed by atoms with Crippen molar-refractivity contribution in [2.45, 2.75) is 32.0 Å². The summed E-state index contributed by atoms with van der Waals surface area (Å²) in [6, 6.07) is 5.77. The Morgan fingerprint density at radius 3 is 2.75 bits per heavy atom. The van der Waals surface area contributed by atoms with Gasteiger partial charge in [0.05, 0.1) is 13.5 Å². The average Bonchev–Trinajstić information content (AvgIpc) is 3.08. The SMILES string of the molecule is COc1ccc(Br)cc1CN(C)C(=O)Cc1c(C)nc2nc(SC)nn2c1C. The number of halogens is 1. The van der Waals surface area contributed by atoms with Crippen molar-refractivity contribution in [3.63, 3.8) is 0 Å². The molecule has 9 heteroatoms. The molecular formula is C19H22BrN5O2S. The van der Waals surface area contributed by atoms with Gasteiger partial charge in [0.2, 0.25) is 11.1 Å². The van der Waals surface area contributed by atoms with Crippen molar-refractivity contribution >= 4 is 39.4 Å². The second kappa shape index (κ2) is 8.48. The lowest BCUT2D eigenvalue weighted by Gasteiger charge is -2.20. The number of hydrogen-bond acceptors (Lipinski definition) is 6. The first-order valence-corrected chi connectivity index (χ1v) is 10.7. The largest absolute Gasteiger partial charge is 0.496 e. The van der Waals surface area contributed by atoms with Crippen LogP contribution in [-0.4, -0.2) is 50.8 Å². The first-order valence-electron chi connectivity index (χ1n) is 8.67. The van der Waals surface area contributed by atoms with Crippen LogP contribution in [-0.2, 0) is 17.8 Å². The molecule has 7 nitrogen and oxygen atoms in total. The molecule has 1 amide bonds. The van der Waals surface area contributed by atoms with Gasteiger partial charge in [0.25, 0.3) is 5.78 Å². The maximum atomic E-state index is 12.9. The van der Waals surface area contributed by atoms with Gasteiger partial charge in [0.15, 0.2) is 0 Å². The fraction of sp³-hybridized carbons (Fsp3) is 0.368. The Bertz CT molecular complexity index is 1040. The summed E-state index contributed by atoms with van der Waals surface area (Å²) in [5.74, 6) is 1.31. The molecule has 0 fully saturated rings. The second-order valence-electron chi connectivity index (χ2n) is 6.45. The number of carbonyl (C=O) groups excluding carboxylic acids is 1. The first-order chi connectivity index (χ1) is 13.3. The normalized spacial score (nSPS) is 11.1. The summed E-state index contributed by atoms with van der Waals surface area (Å²) in [6.45, 7) is 4.30. The molecule has 1 aromatic carbocycles. The number of thioether (sulfide) groups is 1. The van der Waals surface area contributed by atoms with E-state index in [-0.39, 0.29) is 12.3 Å². The first kappa shape index (κ1) is 20.6. The molecule has 148 valence electrons. The minimum atomic E-state index is -0.000385. The number of likely N-dealkylation sites (N-methyl/N-ethyl adjacent to an activating group) is 1. The quantitative estimate of drug-likeness (QED) is 0.521. The highest BCUT2D eigenvalue weighted by Crippen LogP contribution is 2.24. The highest BCUT2D eigenvalue weighted by molar-refractivity contribution is 9.10. The predicted molar refractivity (Wildman–Crippen MR) is 113 cm³/mol. The molecule has 2 heterocycles. The fourth-order valence-corrected chi connectivity index (χ4v) is 3.78. The van der Waals surface area contributed by atoms with Gasteiger partial charge < -0.3 is 9.64 Å². The number of ether oxygens (including phenoxy) is 1. The zero-order chi connectivity index (χ0) is 20.4. The van der Waals surface area contributed by atoms with E-state index in [9.17, 15) is 4.79 Å². The van der Waals surface area contributed by atoms with Crippen molar-refractivity contribution in [2.24, 2.45) is 0 Å². The van der Waals surface area contributed by atoms with Gasteiger partial charge >= 0.3 is 0 Å². The van der Waals surface area contributed by atoms with E-state index in [4.69, 9.17) is 4.74 Å². The zero-order valence-corrected chi connectivity index (χ0v) is 18.9.